The Balaban J connectivity index is 2.55. The first-order valence-electron chi connectivity index (χ1n) is 7.93. The van der Waals surface area contributed by atoms with Crippen molar-refractivity contribution in [1.82, 2.24) is 4.90 Å². The van der Waals surface area contributed by atoms with Gasteiger partial charge in [-0.3, -0.25) is 4.90 Å². The number of piperidine rings is 1. The van der Waals surface area contributed by atoms with Crippen molar-refractivity contribution < 1.29 is 10.2 Å². The Labute approximate surface area is 134 Å². The zero-order chi connectivity index (χ0) is 16.5. The van der Waals surface area contributed by atoms with Crippen LogP contribution < -0.4 is 0 Å². The fourth-order valence-corrected chi connectivity index (χ4v) is 3.49. The first-order chi connectivity index (χ1) is 10.3. The smallest absolute Gasteiger partial charge is 0.147 e. The predicted octanol–water partition coefficient (Wildman–Crippen LogP) is 2.43. The van der Waals surface area contributed by atoms with Gasteiger partial charge in [0, 0.05) is 6.04 Å². The fourth-order valence-electron chi connectivity index (χ4n) is 3.49. The van der Waals surface area contributed by atoms with Gasteiger partial charge in [-0.15, -0.1) is 0 Å². The molecule has 0 amide bonds. The lowest BCUT2D eigenvalue weighted by atomic mass is 9.72. The minimum atomic E-state index is -1.15. The second-order valence-corrected chi connectivity index (χ2v) is 6.68. The number of aliphatic hydroxyl groups is 2. The molecule has 1 saturated heterocycles. The summed E-state index contributed by atoms with van der Waals surface area (Å²) >= 11 is 0. The molecule has 2 rings (SSSR count). The molecule has 0 aromatic heterocycles. The summed E-state index contributed by atoms with van der Waals surface area (Å²) in [6.45, 7) is 8.18. The predicted molar refractivity (Wildman–Crippen MR) is 89.5 cm³/mol. The van der Waals surface area contributed by atoms with E-state index in [1.54, 1.807) is 0 Å². The summed E-state index contributed by atoms with van der Waals surface area (Å²) in [5.74, 6) is 5.67. The first-order valence-corrected chi connectivity index (χ1v) is 7.93. The third-order valence-electron chi connectivity index (χ3n) is 5.18. The summed E-state index contributed by atoms with van der Waals surface area (Å²) in [6, 6.07) is 6.51. The molecule has 0 spiro atoms. The Bertz CT molecular complexity index is 601. The van der Waals surface area contributed by atoms with Gasteiger partial charge in [0.25, 0.3) is 0 Å². The molecule has 1 aliphatic rings. The average Bonchev–Trinajstić information content (AvgIpc) is 2.47. The quantitative estimate of drug-likeness (QED) is 0.783. The molecule has 1 aromatic rings. The maximum atomic E-state index is 11.3. The van der Waals surface area contributed by atoms with Crippen LogP contribution in [0.15, 0.2) is 18.2 Å². The van der Waals surface area contributed by atoms with Crippen LogP contribution in [0.5, 0.6) is 0 Å². The van der Waals surface area contributed by atoms with Crippen LogP contribution in [0.1, 0.15) is 43.0 Å². The van der Waals surface area contributed by atoms with Gasteiger partial charge < -0.3 is 10.2 Å². The molecule has 1 aliphatic heterocycles. The van der Waals surface area contributed by atoms with E-state index in [9.17, 15) is 5.11 Å². The van der Waals surface area contributed by atoms with E-state index in [0.717, 1.165) is 12.0 Å². The molecule has 1 fully saturated rings. The van der Waals surface area contributed by atoms with Crippen molar-refractivity contribution in [3.8, 4) is 11.8 Å². The third-order valence-corrected chi connectivity index (χ3v) is 5.18. The molecule has 0 radical (unpaired) electrons. The molecule has 0 saturated carbocycles. The van der Waals surface area contributed by atoms with E-state index < -0.39 is 5.60 Å². The minimum absolute atomic E-state index is 0.0457. The summed E-state index contributed by atoms with van der Waals surface area (Å²) in [7, 11) is 2.04. The Morgan fingerprint density at radius 1 is 1.27 bits per heavy atom. The number of hydrogen-bond donors (Lipinski definition) is 2. The number of nitrogens with zero attached hydrogens (tertiary/aromatic N) is 1. The van der Waals surface area contributed by atoms with Gasteiger partial charge in [-0.05, 0) is 56.8 Å². The number of rotatable bonds is 1. The highest BCUT2D eigenvalue weighted by molar-refractivity contribution is 5.37. The first kappa shape index (κ1) is 17.0. The van der Waals surface area contributed by atoms with Crippen LogP contribution in [-0.2, 0) is 0 Å². The number of aryl methyl sites for hydroxylation is 2. The lowest BCUT2D eigenvalue weighted by Crippen LogP contribution is -2.56. The molecule has 0 bridgehead atoms. The number of likely N-dealkylation sites (tertiary alicyclic amines) is 1. The highest BCUT2D eigenvalue weighted by atomic mass is 16.3. The molecule has 22 heavy (non-hydrogen) atoms. The van der Waals surface area contributed by atoms with Crippen LogP contribution in [0, 0.1) is 31.6 Å². The summed E-state index contributed by atoms with van der Waals surface area (Å²) in [6.07, 6.45) is 0.883. The van der Waals surface area contributed by atoms with Crippen molar-refractivity contribution in [3.05, 3.63) is 34.9 Å². The van der Waals surface area contributed by atoms with E-state index in [-0.39, 0.29) is 18.6 Å². The summed E-state index contributed by atoms with van der Waals surface area (Å²) < 4.78 is 0. The van der Waals surface area contributed by atoms with E-state index in [4.69, 9.17) is 5.11 Å². The highest BCUT2D eigenvalue weighted by Crippen LogP contribution is 2.44. The number of hydrogen-bond acceptors (Lipinski definition) is 3. The number of aliphatic hydroxyl groups excluding tert-OH is 1. The van der Waals surface area contributed by atoms with Crippen molar-refractivity contribution in [2.45, 2.75) is 51.8 Å². The Kier molecular flexibility index (Phi) is 4.97. The maximum absolute atomic E-state index is 11.3. The van der Waals surface area contributed by atoms with Crippen LogP contribution in [-0.4, -0.2) is 40.4 Å². The van der Waals surface area contributed by atoms with Gasteiger partial charge in [0.1, 0.15) is 12.2 Å². The van der Waals surface area contributed by atoms with Crippen LogP contribution in [0.25, 0.3) is 0 Å². The number of likely N-dealkylation sites (N-methyl/N-ethyl adjacent to an activating group) is 1. The molecule has 3 heteroatoms. The van der Waals surface area contributed by atoms with Crippen LogP contribution >= 0.6 is 0 Å². The molecule has 120 valence electrons. The normalized spacial score (nSPS) is 32.4. The SMILES string of the molecule is Cc1ccc(C2N(C)C(C)CC(C)C2(O)C#CCO)cc1C. The Morgan fingerprint density at radius 2 is 1.95 bits per heavy atom. The molecule has 0 aliphatic carbocycles. The second-order valence-electron chi connectivity index (χ2n) is 6.68. The van der Waals surface area contributed by atoms with Gasteiger partial charge in [0.05, 0.1) is 6.04 Å². The second kappa shape index (κ2) is 6.42. The summed E-state index contributed by atoms with van der Waals surface area (Å²) in [5, 5.41) is 20.4. The molecular weight excluding hydrogens is 274 g/mol. The summed E-state index contributed by atoms with van der Waals surface area (Å²) in [4.78, 5) is 2.20. The van der Waals surface area contributed by atoms with Gasteiger partial charge in [0.15, 0.2) is 0 Å². The van der Waals surface area contributed by atoms with Gasteiger partial charge in [-0.2, -0.15) is 0 Å². The highest BCUT2D eigenvalue weighted by Gasteiger charge is 2.48. The standard InChI is InChI=1S/C19H27NO2/c1-13-7-8-17(11-14(13)2)18-19(22,9-6-10-21)15(3)12-16(4)20(18)5/h7-8,11,15-16,18,21-22H,10,12H2,1-5H3. The van der Waals surface area contributed by atoms with Crippen molar-refractivity contribution in [2.75, 3.05) is 13.7 Å². The largest absolute Gasteiger partial charge is 0.384 e. The fraction of sp³-hybridized carbons (Fsp3) is 0.579. The van der Waals surface area contributed by atoms with E-state index in [0.29, 0.717) is 6.04 Å². The topological polar surface area (TPSA) is 43.7 Å². The molecule has 4 unspecified atom stereocenters. The minimum Gasteiger partial charge on any atom is -0.384 e. The zero-order valence-electron chi connectivity index (χ0n) is 14.2. The van der Waals surface area contributed by atoms with E-state index in [1.807, 2.05) is 14.0 Å². The molecule has 1 heterocycles. The third kappa shape index (κ3) is 2.92. The van der Waals surface area contributed by atoms with Crippen LogP contribution in [0.4, 0.5) is 0 Å². The molecule has 1 aromatic carbocycles. The maximum Gasteiger partial charge on any atom is 0.147 e. The van der Waals surface area contributed by atoms with Crippen molar-refractivity contribution in [3.63, 3.8) is 0 Å². The zero-order valence-corrected chi connectivity index (χ0v) is 14.2. The van der Waals surface area contributed by atoms with Crippen molar-refractivity contribution >= 4 is 0 Å². The lowest BCUT2D eigenvalue weighted by molar-refractivity contribution is -0.0881. The van der Waals surface area contributed by atoms with E-state index in [1.165, 1.54) is 11.1 Å². The lowest BCUT2D eigenvalue weighted by Gasteiger charge is -2.50. The van der Waals surface area contributed by atoms with Gasteiger partial charge in [-0.1, -0.05) is 37.0 Å². The van der Waals surface area contributed by atoms with E-state index in [2.05, 4.69) is 55.7 Å². The number of benzene rings is 1. The Hall–Kier alpha value is -1.34. The molecule has 3 nitrogen and oxygen atoms in total. The summed E-state index contributed by atoms with van der Waals surface area (Å²) in [5.41, 5.74) is 2.40. The van der Waals surface area contributed by atoms with E-state index >= 15 is 0 Å². The van der Waals surface area contributed by atoms with Crippen LogP contribution in [0.3, 0.4) is 0 Å². The molecule has 4 atom stereocenters. The average molecular weight is 301 g/mol. The van der Waals surface area contributed by atoms with Crippen molar-refractivity contribution in [2.24, 2.45) is 5.92 Å². The molecular formula is C19H27NO2. The van der Waals surface area contributed by atoms with Crippen LogP contribution in [0.2, 0.25) is 0 Å². The Morgan fingerprint density at radius 3 is 2.55 bits per heavy atom. The monoisotopic (exact) mass is 301 g/mol. The molecule has 2 N–H and O–H groups in total. The van der Waals surface area contributed by atoms with Gasteiger partial charge in [-0.25, -0.2) is 0 Å². The van der Waals surface area contributed by atoms with Gasteiger partial charge in [0.2, 0.25) is 0 Å². The van der Waals surface area contributed by atoms with Gasteiger partial charge >= 0.3 is 0 Å². The van der Waals surface area contributed by atoms with Crippen molar-refractivity contribution in [1.29, 1.82) is 0 Å².